The second-order valence-corrected chi connectivity index (χ2v) is 4.74. The van der Waals surface area contributed by atoms with Crippen LogP contribution in [-0.2, 0) is 0 Å². The van der Waals surface area contributed by atoms with Crippen LogP contribution in [0.3, 0.4) is 0 Å². The van der Waals surface area contributed by atoms with Crippen LogP contribution in [0.5, 0.6) is 5.75 Å². The quantitative estimate of drug-likeness (QED) is 0.453. The Labute approximate surface area is 118 Å². The summed E-state index contributed by atoms with van der Waals surface area (Å²) in [5.74, 6) is 0.319. The molecule has 1 aliphatic carbocycles. The summed E-state index contributed by atoms with van der Waals surface area (Å²) in [6.07, 6.45) is 7.50. The minimum absolute atomic E-state index is 0.000975. The zero-order chi connectivity index (χ0) is 14.5. The van der Waals surface area contributed by atoms with Crippen LogP contribution in [-0.4, -0.2) is 24.6 Å². The van der Waals surface area contributed by atoms with Gasteiger partial charge in [-0.1, -0.05) is 12.2 Å². The van der Waals surface area contributed by atoms with Gasteiger partial charge >= 0.3 is 5.69 Å². The van der Waals surface area contributed by atoms with Crippen molar-refractivity contribution in [3.8, 4) is 5.75 Å². The highest BCUT2D eigenvalue weighted by molar-refractivity contribution is 5.59. The van der Waals surface area contributed by atoms with Crippen molar-refractivity contribution in [2.45, 2.75) is 18.9 Å². The highest BCUT2D eigenvalue weighted by Crippen LogP contribution is 2.33. The Balaban J connectivity index is 2.28. The summed E-state index contributed by atoms with van der Waals surface area (Å²) < 4.78 is 5.76. The highest BCUT2D eigenvalue weighted by Gasteiger charge is 2.20. The molecule has 0 amide bonds. The first-order chi connectivity index (χ1) is 9.61. The van der Waals surface area contributed by atoms with Crippen molar-refractivity contribution in [3.63, 3.8) is 0 Å². The third-order valence-corrected chi connectivity index (χ3v) is 3.23. The molecule has 5 heteroatoms. The topological polar surface area (TPSA) is 55.6 Å². The number of likely N-dealkylation sites (N-methyl/N-ethyl adjacent to an activating group) is 1. The predicted octanol–water partition coefficient (Wildman–Crippen LogP) is 3.31. The molecule has 0 heterocycles. The van der Waals surface area contributed by atoms with E-state index in [0.29, 0.717) is 12.3 Å². The Morgan fingerprint density at radius 1 is 1.60 bits per heavy atom. The first-order valence-electron chi connectivity index (χ1n) is 6.55. The number of hydrogen-bond donors (Lipinski definition) is 0. The second kappa shape index (κ2) is 6.23. The van der Waals surface area contributed by atoms with Gasteiger partial charge in [0.2, 0.25) is 0 Å². The van der Waals surface area contributed by atoms with Gasteiger partial charge in [0, 0.05) is 31.4 Å². The lowest BCUT2D eigenvalue weighted by Crippen LogP contribution is -2.17. The van der Waals surface area contributed by atoms with Gasteiger partial charge < -0.3 is 9.64 Å². The van der Waals surface area contributed by atoms with Gasteiger partial charge in [0.1, 0.15) is 6.10 Å². The zero-order valence-electron chi connectivity index (χ0n) is 11.5. The lowest BCUT2D eigenvalue weighted by Gasteiger charge is -2.19. The van der Waals surface area contributed by atoms with Crippen molar-refractivity contribution < 1.29 is 9.66 Å². The number of ether oxygens (including phenoxy) is 1. The van der Waals surface area contributed by atoms with E-state index in [-0.39, 0.29) is 11.8 Å². The van der Waals surface area contributed by atoms with Crippen molar-refractivity contribution in [3.05, 3.63) is 53.1 Å². The van der Waals surface area contributed by atoms with Crippen molar-refractivity contribution in [1.29, 1.82) is 0 Å². The van der Waals surface area contributed by atoms with Gasteiger partial charge in [-0.3, -0.25) is 10.1 Å². The number of hydrogen-bond acceptors (Lipinski definition) is 4. The molecule has 0 aliphatic heterocycles. The van der Waals surface area contributed by atoms with Crippen LogP contribution >= 0.6 is 0 Å². The minimum Gasteiger partial charge on any atom is -0.479 e. The highest BCUT2D eigenvalue weighted by atomic mass is 16.6. The van der Waals surface area contributed by atoms with Crippen molar-refractivity contribution in [1.82, 2.24) is 0 Å². The van der Waals surface area contributed by atoms with Crippen LogP contribution in [0.25, 0.3) is 0 Å². The second-order valence-electron chi connectivity index (χ2n) is 4.74. The van der Waals surface area contributed by atoms with Crippen LogP contribution < -0.4 is 9.64 Å². The Hall–Kier alpha value is -2.30. The summed E-state index contributed by atoms with van der Waals surface area (Å²) in [6, 6.07) is 4.93. The van der Waals surface area contributed by atoms with E-state index in [1.54, 1.807) is 18.2 Å². The van der Waals surface area contributed by atoms with E-state index in [9.17, 15) is 10.1 Å². The fraction of sp³-hybridized carbons (Fsp3) is 0.333. The smallest absolute Gasteiger partial charge is 0.311 e. The molecule has 20 heavy (non-hydrogen) atoms. The fourth-order valence-corrected chi connectivity index (χ4v) is 2.15. The molecule has 2 rings (SSSR count). The van der Waals surface area contributed by atoms with E-state index in [1.807, 2.05) is 24.1 Å². The molecule has 1 aromatic rings. The first kappa shape index (κ1) is 14.1. The Bertz CT molecular complexity index is 540. The number of nitrogens with zero attached hydrogens (tertiary/aromatic N) is 2. The molecule has 0 aromatic heterocycles. The molecule has 0 saturated carbocycles. The predicted molar refractivity (Wildman–Crippen MR) is 79.4 cm³/mol. The molecule has 1 unspecified atom stereocenters. The average molecular weight is 274 g/mol. The average Bonchev–Trinajstić information content (AvgIpc) is 2.91. The summed E-state index contributed by atoms with van der Waals surface area (Å²) in [7, 11) is 1.90. The maximum atomic E-state index is 11.1. The van der Waals surface area contributed by atoms with Crippen LogP contribution in [0.4, 0.5) is 11.4 Å². The van der Waals surface area contributed by atoms with Gasteiger partial charge in [0.25, 0.3) is 0 Å². The molecule has 0 bridgehead atoms. The van der Waals surface area contributed by atoms with Crippen molar-refractivity contribution in [2.24, 2.45) is 0 Å². The maximum Gasteiger partial charge on any atom is 0.311 e. The summed E-state index contributed by atoms with van der Waals surface area (Å²) in [4.78, 5) is 12.6. The van der Waals surface area contributed by atoms with E-state index in [1.165, 1.54) is 6.07 Å². The van der Waals surface area contributed by atoms with E-state index in [2.05, 4.69) is 6.58 Å². The summed E-state index contributed by atoms with van der Waals surface area (Å²) >= 11 is 0. The SMILES string of the molecule is C=CCN(C)c1ccc([N+](=O)[O-])c(OC2C=CCC2)c1. The number of benzene rings is 1. The molecule has 1 atom stereocenters. The van der Waals surface area contributed by atoms with E-state index in [4.69, 9.17) is 4.74 Å². The third kappa shape index (κ3) is 3.17. The van der Waals surface area contributed by atoms with Gasteiger partial charge in [0.05, 0.1) is 4.92 Å². The molecule has 0 N–H and O–H groups in total. The number of anilines is 1. The van der Waals surface area contributed by atoms with E-state index in [0.717, 1.165) is 18.5 Å². The molecule has 0 spiro atoms. The molecule has 0 radical (unpaired) electrons. The number of allylic oxidation sites excluding steroid dienone is 1. The van der Waals surface area contributed by atoms with Crippen LogP contribution in [0, 0.1) is 10.1 Å². The van der Waals surface area contributed by atoms with Gasteiger partial charge in [0.15, 0.2) is 5.75 Å². The monoisotopic (exact) mass is 274 g/mol. The molecule has 106 valence electrons. The number of rotatable bonds is 6. The van der Waals surface area contributed by atoms with Gasteiger partial charge in [-0.15, -0.1) is 6.58 Å². The maximum absolute atomic E-state index is 11.1. The van der Waals surface area contributed by atoms with Crippen molar-refractivity contribution >= 4 is 11.4 Å². The standard InChI is InChI=1S/C15H18N2O3/c1-3-10-16(2)12-8-9-14(17(18)19)15(11-12)20-13-6-4-5-7-13/h3-4,6,8-9,11,13H,1,5,7,10H2,2H3. The number of nitro groups is 1. The lowest BCUT2D eigenvalue weighted by atomic mass is 10.2. The normalized spacial score (nSPS) is 16.9. The summed E-state index contributed by atoms with van der Waals surface area (Å²) in [5, 5.41) is 11.1. The molecule has 1 aromatic carbocycles. The first-order valence-corrected chi connectivity index (χ1v) is 6.55. The number of nitro benzene ring substituents is 1. The van der Waals surface area contributed by atoms with Gasteiger partial charge in [-0.05, 0) is 25.0 Å². The fourth-order valence-electron chi connectivity index (χ4n) is 2.15. The summed E-state index contributed by atoms with van der Waals surface area (Å²) in [6.45, 7) is 4.35. The molecule has 0 saturated heterocycles. The lowest BCUT2D eigenvalue weighted by molar-refractivity contribution is -0.386. The van der Waals surface area contributed by atoms with Crippen LogP contribution in [0.15, 0.2) is 43.0 Å². The van der Waals surface area contributed by atoms with Crippen molar-refractivity contribution in [2.75, 3.05) is 18.5 Å². The molecule has 0 fully saturated rings. The van der Waals surface area contributed by atoms with Crippen LogP contribution in [0.2, 0.25) is 0 Å². The van der Waals surface area contributed by atoms with E-state index >= 15 is 0 Å². The molecular formula is C15H18N2O3. The Morgan fingerprint density at radius 3 is 3.00 bits per heavy atom. The van der Waals surface area contributed by atoms with Crippen LogP contribution in [0.1, 0.15) is 12.8 Å². The Kier molecular flexibility index (Phi) is 4.40. The largest absolute Gasteiger partial charge is 0.479 e. The third-order valence-electron chi connectivity index (χ3n) is 3.23. The van der Waals surface area contributed by atoms with E-state index < -0.39 is 4.92 Å². The Morgan fingerprint density at radius 2 is 2.40 bits per heavy atom. The molecule has 1 aliphatic rings. The molecule has 5 nitrogen and oxygen atoms in total. The van der Waals surface area contributed by atoms with Gasteiger partial charge in [-0.2, -0.15) is 0 Å². The minimum atomic E-state index is -0.411. The van der Waals surface area contributed by atoms with Gasteiger partial charge in [-0.25, -0.2) is 0 Å². The zero-order valence-corrected chi connectivity index (χ0v) is 11.5. The summed E-state index contributed by atoms with van der Waals surface area (Å²) in [5.41, 5.74) is 0.869. The molecular weight excluding hydrogens is 256 g/mol.